The van der Waals surface area contributed by atoms with Crippen molar-refractivity contribution in [1.29, 1.82) is 0 Å². The van der Waals surface area contributed by atoms with Gasteiger partial charge in [-0.2, -0.15) is 0 Å². The van der Waals surface area contributed by atoms with Crippen LogP contribution in [0, 0.1) is 0 Å². The fourth-order valence-corrected chi connectivity index (χ4v) is 2.67. The van der Waals surface area contributed by atoms with Gasteiger partial charge in [-0.25, -0.2) is 9.78 Å². The molecule has 2 amide bonds. The maximum atomic E-state index is 12.1. The molecule has 0 radical (unpaired) electrons. The number of thiazole rings is 1. The maximum absolute atomic E-state index is 12.1. The van der Waals surface area contributed by atoms with Gasteiger partial charge in [0.05, 0.1) is 6.61 Å². The highest BCUT2D eigenvalue weighted by Crippen LogP contribution is 2.14. The van der Waals surface area contributed by atoms with Gasteiger partial charge in [-0.15, -0.1) is 11.3 Å². The first kappa shape index (κ1) is 19.5. The molecular weight excluding hydrogens is 356 g/mol. The summed E-state index contributed by atoms with van der Waals surface area (Å²) < 4.78 is 4.84. The van der Waals surface area contributed by atoms with Crippen molar-refractivity contribution in [3.8, 4) is 0 Å². The van der Waals surface area contributed by atoms with Gasteiger partial charge in [0.2, 0.25) is 0 Å². The van der Waals surface area contributed by atoms with Gasteiger partial charge in [0, 0.05) is 23.2 Å². The van der Waals surface area contributed by atoms with Crippen LogP contribution in [0.3, 0.4) is 0 Å². The maximum Gasteiger partial charge on any atom is 0.328 e. The molecule has 1 aromatic carbocycles. The van der Waals surface area contributed by atoms with E-state index in [0.29, 0.717) is 22.0 Å². The zero-order chi connectivity index (χ0) is 19.1. The molecule has 138 valence electrons. The molecule has 1 unspecified atom stereocenters. The van der Waals surface area contributed by atoms with Crippen molar-refractivity contribution in [2.75, 3.05) is 11.9 Å². The summed E-state index contributed by atoms with van der Waals surface area (Å²) >= 11 is 1.32. The Morgan fingerprint density at radius 3 is 2.50 bits per heavy atom. The van der Waals surface area contributed by atoms with Gasteiger partial charge in [-0.1, -0.05) is 0 Å². The molecule has 8 nitrogen and oxygen atoms in total. The minimum absolute atomic E-state index is 0.249. The Bertz CT molecular complexity index is 788. The van der Waals surface area contributed by atoms with Crippen molar-refractivity contribution in [1.82, 2.24) is 10.3 Å². The van der Waals surface area contributed by atoms with Crippen molar-refractivity contribution >= 4 is 34.8 Å². The van der Waals surface area contributed by atoms with Crippen LogP contribution in [0.5, 0.6) is 0 Å². The summed E-state index contributed by atoms with van der Waals surface area (Å²) in [4.78, 5) is 39.9. The summed E-state index contributed by atoms with van der Waals surface area (Å²) in [5.41, 5.74) is 6.65. The molecule has 2 rings (SSSR count). The smallest absolute Gasteiger partial charge is 0.328 e. The molecule has 4 N–H and O–H groups in total. The van der Waals surface area contributed by atoms with Gasteiger partial charge in [0.15, 0.2) is 0 Å². The summed E-state index contributed by atoms with van der Waals surface area (Å²) in [5.74, 6) is -1.26. The fourth-order valence-electron chi connectivity index (χ4n) is 2.02. The molecule has 1 heterocycles. The van der Waals surface area contributed by atoms with Crippen molar-refractivity contribution in [2.24, 2.45) is 5.73 Å². The SMILES string of the molecule is CCOC(=O)C(C)NC(=O)c1ccc(NC(=O)c2csc(CN)n2)cc1. The van der Waals surface area contributed by atoms with E-state index in [4.69, 9.17) is 10.5 Å². The van der Waals surface area contributed by atoms with Crippen LogP contribution in [0.25, 0.3) is 0 Å². The predicted octanol–water partition coefficient (Wildman–Crippen LogP) is 1.54. The largest absolute Gasteiger partial charge is 0.464 e. The number of hydrogen-bond acceptors (Lipinski definition) is 7. The van der Waals surface area contributed by atoms with E-state index in [0.717, 1.165) is 0 Å². The summed E-state index contributed by atoms with van der Waals surface area (Å²) in [5, 5.41) is 7.56. The van der Waals surface area contributed by atoms with Crippen LogP contribution >= 0.6 is 11.3 Å². The highest BCUT2D eigenvalue weighted by Gasteiger charge is 2.17. The molecule has 0 fully saturated rings. The third-order valence-electron chi connectivity index (χ3n) is 3.35. The second-order valence-electron chi connectivity index (χ2n) is 5.31. The number of nitrogens with one attached hydrogen (secondary N) is 2. The Hall–Kier alpha value is -2.78. The number of amides is 2. The van der Waals surface area contributed by atoms with Crippen LogP contribution < -0.4 is 16.4 Å². The summed E-state index contributed by atoms with van der Waals surface area (Å²) in [7, 11) is 0. The van der Waals surface area contributed by atoms with Crippen molar-refractivity contribution in [2.45, 2.75) is 26.4 Å². The molecule has 1 atom stereocenters. The van der Waals surface area contributed by atoms with Gasteiger partial charge in [-0.3, -0.25) is 9.59 Å². The predicted molar refractivity (Wildman–Crippen MR) is 98.0 cm³/mol. The number of benzene rings is 1. The number of carbonyl (C=O) groups excluding carboxylic acids is 3. The van der Waals surface area contributed by atoms with E-state index in [1.165, 1.54) is 11.3 Å². The first-order valence-electron chi connectivity index (χ1n) is 7.98. The van der Waals surface area contributed by atoms with E-state index < -0.39 is 17.9 Å². The number of rotatable bonds is 7. The molecule has 0 bridgehead atoms. The number of anilines is 1. The summed E-state index contributed by atoms with van der Waals surface area (Å²) in [6, 6.07) is 5.55. The van der Waals surface area contributed by atoms with Crippen molar-refractivity contribution in [3.63, 3.8) is 0 Å². The molecular formula is C17H20N4O4S. The minimum atomic E-state index is -0.747. The molecule has 26 heavy (non-hydrogen) atoms. The topological polar surface area (TPSA) is 123 Å². The van der Waals surface area contributed by atoms with Crippen LogP contribution in [0.1, 0.15) is 39.7 Å². The lowest BCUT2D eigenvalue weighted by Gasteiger charge is -2.12. The van der Waals surface area contributed by atoms with E-state index >= 15 is 0 Å². The molecule has 0 saturated carbocycles. The number of carbonyl (C=O) groups is 3. The van der Waals surface area contributed by atoms with E-state index in [2.05, 4.69) is 15.6 Å². The van der Waals surface area contributed by atoms with Crippen LogP contribution in [0.4, 0.5) is 5.69 Å². The third-order valence-corrected chi connectivity index (χ3v) is 4.22. The standard InChI is InChI=1S/C17H20N4O4S/c1-3-25-17(24)10(2)19-15(22)11-4-6-12(7-5-11)20-16(23)13-9-26-14(8-18)21-13/h4-7,9-10H,3,8,18H2,1-2H3,(H,19,22)(H,20,23). The second kappa shape index (κ2) is 9.07. The summed E-state index contributed by atoms with van der Waals surface area (Å²) in [6.45, 7) is 3.78. The Morgan fingerprint density at radius 1 is 1.23 bits per heavy atom. The highest BCUT2D eigenvalue weighted by molar-refractivity contribution is 7.09. The van der Waals surface area contributed by atoms with Gasteiger partial charge in [0.25, 0.3) is 11.8 Å². The third kappa shape index (κ3) is 5.11. The summed E-state index contributed by atoms with van der Waals surface area (Å²) in [6.07, 6.45) is 0. The van der Waals surface area contributed by atoms with E-state index in [1.54, 1.807) is 43.5 Å². The zero-order valence-corrected chi connectivity index (χ0v) is 15.3. The van der Waals surface area contributed by atoms with E-state index in [1.807, 2.05) is 0 Å². The lowest BCUT2D eigenvalue weighted by Crippen LogP contribution is -2.39. The molecule has 9 heteroatoms. The number of nitrogens with zero attached hydrogens (tertiary/aromatic N) is 1. The van der Waals surface area contributed by atoms with Gasteiger partial charge in [-0.05, 0) is 38.1 Å². The number of esters is 1. The lowest BCUT2D eigenvalue weighted by molar-refractivity contribution is -0.144. The van der Waals surface area contributed by atoms with Gasteiger partial charge >= 0.3 is 5.97 Å². The Balaban J connectivity index is 1.95. The molecule has 0 spiro atoms. The molecule has 2 aromatic rings. The molecule has 0 saturated heterocycles. The number of nitrogens with two attached hydrogens (primary N) is 1. The average Bonchev–Trinajstić information content (AvgIpc) is 3.11. The number of ether oxygens (including phenoxy) is 1. The van der Waals surface area contributed by atoms with Crippen molar-refractivity contribution in [3.05, 3.63) is 45.9 Å². The fraction of sp³-hybridized carbons (Fsp3) is 0.294. The molecule has 1 aromatic heterocycles. The van der Waals surface area contributed by atoms with E-state index in [-0.39, 0.29) is 19.1 Å². The normalized spacial score (nSPS) is 11.5. The van der Waals surface area contributed by atoms with Crippen LogP contribution in [-0.4, -0.2) is 35.4 Å². The minimum Gasteiger partial charge on any atom is -0.464 e. The van der Waals surface area contributed by atoms with Crippen LogP contribution in [-0.2, 0) is 16.1 Å². The Kier molecular flexibility index (Phi) is 6.81. The Morgan fingerprint density at radius 2 is 1.92 bits per heavy atom. The van der Waals surface area contributed by atoms with Gasteiger partial charge in [0.1, 0.15) is 16.7 Å². The number of hydrogen-bond donors (Lipinski definition) is 3. The average molecular weight is 376 g/mol. The zero-order valence-electron chi connectivity index (χ0n) is 14.4. The monoisotopic (exact) mass is 376 g/mol. The van der Waals surface area contributed by atoms with Gasteiger partial charge < -0.3 is 21.1 Å². The quantitative estimate of drug-likeness (QED) is 0.630. The number of aromatic nitrogens is 1. The second-order valence-corrected chi connectivity index (χ2v) is 6.25. The molecule has 0 aliphatic heterocycles. The van der Waals surface area contributed by atoms with E-state index in [9.17, 15) is 14.4 Å². The Labute approximate surface area is 154 Å². The first-order valence-corrected chi connectivity index (χ1v) is 8.86. The first-order chi connectivity index (χ1) is 12.4. The van der Waals surface area contributed by atoms with Crippen LogP contribution in [0.15, 0.2) is 29.6 Å². The van der Waals surface area contributed by atoms with Crippen molar-refractivity contribution < 1.29 is 19.1 Å². The highest BCUT2D eigenvalue weighted by atomic mass is 32.1. The molecule has 0 aliphatic rings. The lowest BCUT2D eigenvalue weighted by atomic mass is 10.2. The molecule has 0 aliphatic carbocycles. The van der Waals surface area contributed by atoms with Crippen LogP contribution in [0.2, 0.25) is 0 Å².